The van der Waals surface area contributed by atoms with E-state index in [1.807, 2.05) is 10.5 Å². The van der Waals surface area contributed by atoms with Crippen molar-refractivity contribution in [2.24, 2.45) is 0 Å². The smallest absolute Gasteiger partial charge is 0.153 e. The Hall–Kier alpha value is -1.39. The zero-order chi connectivity index (χ0) is 15.4. The van der Waals surface area contributed by atoms with Crippen molar-refractivity contribution in [3.05, 3.63) is 35.3 Å². The number of benzene rings is 1. The van der Waals surface area contributed by atoms with Crippen molar-refractivity contribution in [2.45, 2.75) is 13.3 Å². The maximum atomic E-state index is 13.7. The van der Waals surface area contributed by atoms with Gasteiger partial charge in [0, 0.05) is 23.9 Å². The van der Waals surface area contributed by atoms with Gasteiger partial charge in [-0.2, -0.15) is 10.4 Å². The van der Waals surface area contributed by atoms with Crippen molar-refractivity contribution >= 4 is 39.9 Å². The van der Waals surface area contributed by atoms with Crippen LogP contribution in [-0.4, -0.2) is 16.7 Å². The van der Waals surface area contributed by atoms with Gasteiger partial charge in [-0.05, 0) is 28.5 Å². The number of aromatic nitrogens is 2. The van der Waals surface area contributed by atoms with E-state index >= 15 is 0 Å². The summed E-state index contributed by atoms with van der Waals surface area (Å²) in [7, 11) is 1.47. The lowest BCUT2D eigenvalue weighted by Gasteiger charge is -2.10. The van der Waals surface area contributed by atoms with Gasteiger partial charge in [0.2, 0.25) is 0 Å². The summed E-state index contributed by atoms with van der Waals surface area (Å²) in [6.45, 7) is 2.05. The zero-order valence-corrected chi connectivity index (χ0v) is 14.6. The van der Waals surface area contributed by atoms with Crippen LogP contribution in [0.4, 0.5) is 15.9 Å². The molecule has 1 atom stereocenters. The van der Waals surface area contributed by atoms with Crippen molar-refractivity contribution in [1.29, 1.82) is 5.26 Å². The van der Waals surface area contributed by atoms with Crippen LogP contribution in [0.25, 0.3) is 0 Å². The summed E-state index contributed by atoms with van der Waals surface area (Å²) in [6, 6.07) is 6.32. The third kappa shape index (κ3) is 3.44. The van der Waals surface area contributed by atoms with Gasteiger partial charge in [-0.1, -0.05) is 6.92 Å². The van der Waals surface area contributed by atoms with Crippen LogP contribution in [0.15, 0.2) is 18.2 Å². The molecular formula is C13H13FIN4OP. The third-order valence-corrected chi connectivity index (χ3v) is 4.82. The molecule has 0 spiro atoms. The molecule has 1 aromatic carbocycles. The van der Waals surface area contributed by atoms with E-state index in [2.05, 4.69) is 39.4 Å². The molecule has 110 valence electrons. The second kappa shape index (κ2) is 7.05. The molecule has 0 radical (unpaired) electrons. The van der Waals surface area contributed by atoms with Crippen LogP contribution in [-0.2, 0) is 6.42 Å². The fraction of sp³-hybridized carbons (Fsp3) is 0.231. The standard InChI is InChI=1S/C13H13FIN4OP/c1-3-9-5-13(18-19(9)21-15)17-11-6-10(14)8(7-16)4-12(11)20-2/h4-6,21H,3H2,1-2H3,(H,17,18). The van der Waals surface area contributed by atoms with E-state index in [9.17, 15) is 4.39 Å². The summed E-state index contributed by atoms with van der Waals surface area (Å²) >= 11 is 2.26. The Morgan fingerprint density at radius 3 is 2.81 bits per heavy atom. The average Bonchev–Trinajstić information content (AvgIpc) is 2.89. The molecule has 8 heteroatoms. The summed E-state index contributed by atoms with van der Waals surface area (Å²) in [5.74, 6) is 0.433. The van der Waals surface area contributed by atoms with Gasteiger partial charge in [-0.25, -0.2) is 8.84 Å². The third-order valence-electron chi connectivity index (χ3n) is 2.90. The molecule has 0 aliphatic heterocycles. The number of halogens is 2. The van der Waals surface area contributed by atoms with E-state index in [1.54, 1.807) is 6.07 Å². The minimum Gasteiger partial charge on any atom is -0.495 e. The summed E-state index contributed by atoms with van der Waals surface area (Å²) < 4.78 is 20.8. The van der Waals surface area contributed by atoms with Crippen LogP contribution < -0.4 is 10.1 Å². The quantitative estimate of drug-likeness (QED) is 0.589. The van der Waals surface area contributed by atoms with Crippen molar-refractivity contribution in [3.63, 3.8) is 0 Å². The summed E-state index contributed by atoms with van der Waals surface area (Å²) in [5, 5.41) is 16.3. The molecule has 0 aliphatic rings. The van der Waals surface area contributed by atoms with Gasteiger partial charge in [0.1, 0.15) is 17.6 Å². The number of nitriles is 1. The van der Waals surface area contributed by atoms with E-state index in [0.29, 0.717) is 23.6 Å². The van der Waals surface area contributed by atoms with Gasteiger partial charge >= 0.3 is 0 Å². The van der Waals surface area contributed by atoms with E-state index in [-0.39, 0.29) is 5.56 Å². The molecule has 1 N–H and O–H groups in total. The lowest BCUT2D eigenvalue weighted by atomic mass is 10.2. The van der Waals surface area contributed by atoms with Crippen molar-refractivity contribution in [2.75, 3.05) is 12.4 Å². The lowest BCUT2D eigenvalue weighted by molar-refractivity contribution is 0.415. The van der Waals surface area contributed by atoms with Gasteiger partial charge in [0.25, 0.3) is 0 Å². The minimum absolute atomic E-state index is 0.0501. The molecule has 0 saturated heterocycles. The Bertz CT molecular complexity index is 677. The molecule has 1 aromatic heterocycles. The van der Waals surface area contributed by atoms with Gasteiger partial charge in [-0.15, -0.1) is 0 Å². The molecule has 2 rings (SSSR count). The molecular weight excluding hydrogens is 405 g/mol. The molecule has 1 heterocycles. The Morgan fingerprint density at radius 1 is 1.52 bits per heavy atom. The highest BCUT2D eigenvalue weighted by Crippen LogP contribution is 2.32. The Morgan fingerprint density at radius 2 is 2.29 bits per heavy atom. The number of anilines is 2. The Balaban J connectivity index is 2.37. The molecule has 21 heavy (non-hydrogen) atoms. The van der Waals surface area contributed by atoms with Crippen molar-refractivity contribution in [3.8, 4) is 11.8 Å². The summed E-state index contributed by atoms with van der Waals surface area (Å²) in [4.78, 5) is 0. The van der Waals surface area contributed by atoms with Crippen LogP contribution in [0.5, 0.6) is 5.75 Å². The molecule has 1 unspecified atom stereocenters. The number of hydrogen-bond donors (Lipinski definition) is 1. The first-order chi connectivity index (χ1) is 10.1. The highest BCUT2D eigenvalue weighted by atomic mass is 127. The van der Waals surface area contributed by atoms with E-state index in [4.69, 9.17) is 10.00 Å². The molecule has 0 bridgehead atoms. The lowest BCUT2D eigenvalue weighted by Crippen LogP contribution is -1.98. The average molecular weight is 418 g/mol. The van der Waals surface area contributed by atoms with Gasteiger partial charge in [0.05, 0.1) is 24.7 Å². The summed E-state index contributed by atoms with van der Waals surface area (Å²) in [5.41, 5.74) is 1.49. The van der Waals surface area contributed by atoms with Crippen molar-refractivity contribution in [1.82, 2.24) is 9.55 Å². The SMILES string of the molecule is CCc1cc(Nc2cc(F)c(C#N)cc2OC)nn1PI. The monoisotopic (exact) mass is 418 g/mol. The van der Waals surface area contributed by atoms with Crippen LogP contribution >= 0.6 is 28.4 Å². The van der Waals surface area contributed by atoms with Gasteiger partial charge < -0.3 is 10.1 Å². The molecule has 0 fully saturated rings. The predicted molar refractivity (Wildman–Crippen MR) is 90.3 cm³/mol. The maximum Gasteiger partial charge on any atom is 0.153 e. The highest BCUT2D eigenvalue weighted by Gasteiger charge is 2.13. The summed E-state index contributed by atoms with van der Waals surface area (Å²) in [6.07, 6.45) is 1.36. The molecule has 2 aromatic rings. The minimum atomic E-state index is -0.591. The first-order valence-electron chi connectivity index (χ1n) is 6.13. The molecule has 0 aliphatic carbocycles. The topological polar surface area (TPSA) is 62.9 Å². The van der Waals surface area contributed by atoms with Crippen LogP contribution in [0.3, 0.4) is 0 Å². The fourth-order valence-corrected chi connectivity index (χ4v) is 3.58. The number of methoxy groups -OCH3 is 1. The number of rotatable bonds is 5. The van der Waals surface area contributed by atoms with E-state index in [1.165, 1.54) is 19.2 Å². The number of hydrogen-bond acceptors (Lipinski definition) is 4. The first-order valence-corrected chi connectivity index (χ1v) is 10.2. The largest absolute Gasteiger partial charge is 0.495 e. The van der Waals surface area contributed by atoms with E-state index in [0.717, 1.165) is 12.1 Å². The first kappa shape index (κ1) is 16.0. The fourth-order valence-electron chi connectivity index (χ4n) is 1.85. The Kier molecular flexibility index (Phi) is 5.37. The molecule has 0 saturated carbocycles. The van der Waals surface area contributed by atoms with Crippen LogP contribution in [0, 0.1) is 17.1 Å². The molecule has 5 nitrogen and oxygen atoms in total. The zero-order valence-electron chi connectivity index (χ0n) is 11.4. The second-order valence-electron chi connectivity index (χ2n) is 4.14. The van der Waals surface area contributed by atoms with Gasteiger partial charge in [-0.3, -0.25) is 0 Å². The maximum absolute atomic E-state index is 13.7. The Labute approximate surface area is 136 Å². The van der Waals surface area contributed by atoms with Crippen molar-refractivity contribution < 1.29 is 9.13 Å². The molecule has 0 amide bonds. The van der Waals surface area contributed by atoms with E-state index < -0.39 is 5.82 Å². The normalized spacial score (nSPS) is 10.8. The highest BCUT2D eigenvalue weighted by molar-refractivity contribution is 14.2. The number of aryl methyl sites for hydroxylation is 1. The van der Waals surface area contributed by atoms with Gasteiger partial charge in [0.15, 0.2) is 5.82 Å². The van der Waals surface area contributed by atoms with Crippen LogP contribution in [0.1, 0.15) is 18.2 Å². The predicted octanol–water partition coefficient (Wildman–Crippen LogP) is 4.00. The number of ether oxygens (including phenoxy) is 1. The number of nitrogens with one attached hydrogen (secondary N) is 1. The second-order valence-corrected chi connectivity index (χ2v) is 6.18. The van der Waals surface area contributed by atoms with Crippen LogP contribution in [0.2, 0.25) is 0 Å². The number of nitrogens with zero attached hydrogens (tertiary/aromatic N) is 3.